The summed E-state index contributed by atoms with van der Waals surface area (Å²) in [4.78, 5) is 0.840. The Bertz CT molecular complexity index is 436. The van der Waals surface area contributed by atoms with Crippen molar-refractivity contribution < 1.29 is 8.42 Å². The number of hydrogen-bond acceptors (Lipinski definition) is 4. The van der Waals surface area contributed by atoms with Gasteiger partial charge in [-0.3, -0.25) is 0 Å². The van der Waals surface area contributed by atoms with E-state index < -0.39 is 9.84 Å². The summed E-state index contributed by atoms with van der Waals surface area (Å²) in [6, 6.07) is 3.44. The van der Waals surface area contributed by atoms with E-state index >= 15 is 0 Å². The number of thiophene rings is 1. The predicted octanol–water partition coefficient (Wildman–Crippen LogP) is 1.33. The van der Waals surface area contributed by atoms with Gasteiger partial charge in [0.25, 0.3) is 0 Å². The lowest BCUT2D eigenvalue weighted by molar-refractivity contribution is 0.603. The van der Waals surface area contributed by atoms with Gasteiger partial charge in [0.1, 0.15) is 10.3 Å². The highest BCUT2D eigenvalue weighted by Gasteiger charge is 2.15. The maximum Gasteiger partial charge on any atom is 0.186 e. The van der Waals surface area contributed by atoms with Crippen molar-refractivity contribution in [1.29, 1.82) is 5.26 Å². The highest BCUT2D eigenvalue weighted by atomic mass is 32.2. The van der Waals surface area contributed by atoms with Gasteiger partial charge in [-0.25, -0.2) is 8.42 Å². The minimum Gasteiger partial charge on any atom is -0.223 e. The summed E-state index contributed by atoms with van der Waals surface area (Å²) in [5.41, 5.74) is 0.250. The van der Waals surface area contributed by atoms with Crippen LogP contribution in [0.5, 0.6) is 0 Å². The molecule has 0 aliphatic rings. The summed E-state index contributed by atoms with van der Waals surface area (Å²) < 4.78 is 22.3. The van der Waals surface area contributed by atoms with Crippen LogP contribution in [0.15, 0.2) is 10.3 Å². The van der Waals surface area contributed by atoms with Crippen molar-refractivity contribution in [2.75, 3.05) is 6.26 Å². The highest BCUT2D eigenvalue weighted by molar-refractivity contribution is 7.92. The van der Waals surface area contributed by atoms with E-state index in [1.165, 1.54) is 0 Å². The lowest BCUT2D eigenvalue weighted by atomic mass is 10.3. The molecule has 1 aromatic rings. The van der Waals surface area contributed by atoms with Crippen molar-refractivity contribution in [2.24, 2.45) is 0 Å². The molecule has 0 unspecified atom stereocenters. The van der Waals surface area contributed by atoms with Crippen LogP contribution in [0.1, 0.15) is 10.4 Å². The Hall–Kier alpha value is -0.860. The minimum atomic E-state index is -3.23. The molecule has 0 saturated heterocycles. The molecule has 0 fully saturated rings. The lowest BCUT2D eigenvalue weighted by Gasteiger charge is -1.90. The first kappa shape index (κ1) is 9.23. The van der Waals surface area contributed by atoms with Crippen LogP contribution < -0.4 is 0 Å². The number of nitriles is 1. The molecule has 0 amide bonds. The van der Waals surface area contributed by atoms with Crippen LogP contribution in [0.25, 0.3) is 0 Å². The number of hydrogen-bond donors (Lipinski definition) is 0. The van der Waals surface area contributed by atoms with E-state index in [0.717, 1.165) is 22.5 Å². The Labute approximate surface area is 75.2 Å². The summed E-state index contributed by atoms with van der Waals surface area (Å²) in [6.45, 7) is 1.78. The van der Waals surface area contributed by atoms with Crippen LogP contribution in [0.4, 0.5) is 0 Å². The minimum absolute atomic E-state index is 0.169. The number of nitrogens with zero attached hydrogens (tertiary/aromatic N) is 1. The van der Waals surface area contributed by atoms with Gasteiger partial charge in [-0.05, 0) is 13.0 Å². The molecule has 1 heterocycles. The topological polar surface area (TPSA) is 57.9 Å². The number of aryl methyl sites for hydroxylation is 1. The number of rotatable bonds is 1. The average Bonchev–Trinajstić information content (AvgIpc) is 2.29. The Kier molecular flexibility index (Phi) is 2.22. The van der Waals surface area contributed by atoms with Gasteiger partial charge < -0.3 is 0 Å². The molecule has 1 rings (SSSR count). The second kappa shape index (κ2) is 2.88. The van der Waals surface area contributed by atoms with E-state index in [2.05, 4.69) is 0 Å². The van der Waals surface area contributed by atoms with Crippen LogP contribution in [0, 0.1) is 18.3 Å². The molecule has 0 aliphatic carbocycles. The first-order chi connectivity index (χ1) is 5.45. The molecule has 0 spiro atoms. The zero-order valence-electron chi connectivity index (χ0n) is 6.66. The zero-order valence-corrected chi connectivity index (χ0v) is 8.29. The molecule has 0 saturated carbocycles. The highest BCUT2D eigenvalue weighted by Crippen LogP contribution is 2.25. The predicted molar refractivity (Wildman–Crippen MR) is 46.9 cm³/mol. The first-order valence-corrected chi connectivity index (χ1v) is 5.86. The van der Waals surface area contributed by atoms with Gasteiger partial charge in [0.2, 0.25) is 0 Å². The number of sulfone groups is 1. The van der Waals surface area contributed by atoms with Gasteiger partial charge in [0, 0.05) is 11.1 Å². The van der Waals surface area contributed by atoms with Gasteiger partial charge in [-0.1, -0.05) is 0 Å². The first-order valence-electron chi connectivity index (χ1n) is 3.15. The Morgan fingerprint density at radius 1 is 1.58 bits per heavy atom. The van der Waals surface area contributed by atoms with E-state index in [0.29, 0.717) is 0 Å². The average molecular weight is 201 g/mol. The fourth-order valence-electron chi connectivity index (χ4n) is 0.846. The fourth-order valence-corrected chi connectivity index (χ4v) is 3.03. The van der Waals surface area contributed by atoms with Gasteiger partial charge >= 0.3 is 0 Å². The van der Waals surface area contributed by atoms with E-state index in [9.17, 15) is 8.42 Å². The van der Waals surface area contributed by atoms with Gasteiger partial charge in [-0.2, -0.15) is 5.26 Å². The molecule has 0 atom stereocenters. The van der Waals surface area contributed by atoms with E-state index in [-0.39, 0.29) is 9.77 Å². The Balaban J connectivity index is 3.46. The standard InChI is InChI=1S/C7H7NO2S2/c1-5-3-6(4-8)7(11-5)12(2,9)10/h3H,1-2H3. The van der Waals surface area contributed by atoms with E-state index in [1.54, 1.807) is 13.0 Å². The van der Waals surface area contributed by atoms with Gasteiger partial charge in [0.05, 0.1) is 5.56 Å². The molecular weight excluding hydrogens is 194 g/mol. The van der Waals surface area contributed by atoms with Crippen LogP contribution in [0.2, 0.25) is 0 Å². The van der Waals surface area contributed by atoms with E-state index in [1.807, 2.05) is 6.07 Å². The summed E-state index contributed by atoms with van der Waals surface area (Å²) >= 11 is 1.14. The van der Waals surface area contributed by atoms with Crippen molar-refractivity contribution in [3.05, 3.63) is 16.5 Å². The quantitative estimate of drug-likeness (QED) is 0.688. The van der Waals surface area contributed by atoms with Crippen molar-refractivity contribution in [1.82, 2.24) is 0 Å². The normalized spacial score (nSPS) is 11.1. The molecule has 1 aromatic heterocycles. The largest absolute Gasteiger partial charge is 0.223 e. The molecule has 0 radical (unpaired) electrons. The molecule has 0 aliphatic heterocycles. The maximum atomic E-state index is 11.1. The van der Waals surface area contributed by atoms with Crippen molar-refractivity contribution in [3.8, 4) is 6.07 Å². The Morgan fingerprint density at radius 3 is 2.50 bits per heavy atom. The summed E-state index contributed by atoms with van der Waals surface area (Å²) in [5, 5.41) is 8.59. The third kappa shape index (κ3) is 1.65. The summed E-state index contributed by atoms with van der Waals surface area (Å²) in [6.07, 6.45) is 1.11. The van der Waals surface area contributed by atoms with Crippen molar-refractivity contribution in [2.45, 2.75) is 11.1 Å². The van der Waals surface area contributed by atoms with Gasteiger partial charge in [-0.15, -0.1) is 11.3 Å². The SMILES string of the molecule is Cc1cc(C#N)c(S(C)(=O)=O)s1. The molecular formula is C7H7NO2S2. The summed E-state index contributed by atoms with van der Waals surface area (Å²) in [7, 11) is -3.23. The fraction of sp³-hybridized carbons (Fsp3) is 0.286. The monoisotopic (exact) mass is 201 g/mol. The zero-order chi connectivity index (χ0) is 9.35. The molecule has 0 N–H and O–H groups in total. The van der Waals surface area contributed by atoms with Crippen LogP contribution in [0.3, 0.4) is 0 Å². The smallest absolute Gasteiger partial charge is 0.186 e. The third-order valence-electron chi connectivity index (χ3n) is 1.28. The molecule has 3 nitrogen and oxygen atoms in total. The molecule has 5 heteroatoms. The van der Waals surface area contributed by atoms with Crippen LogP contribution in [-0.2, 0) is 9.84 Å². The lowest BCUT2D eigenvalue weighted by Crippen LogP contribution is -1.95. The summed E-state index contributed by atoms with van der Waals surface area (Å²) in [5.74, 6) is 0. The second-order valence-electron chi connectivity index (χ2n) is 2.44. The van der Waals surface area contributed by atoms with Crippen molar-refractivity contribution >= 4 is 21.2 Å². The van der Waals surface area contributed by atoms with Crippen LogP contribution >= 0.6 is 11.3 Å². The molecule has 0 bridgehead atoms. The van der Waals surface area contributed by atoms with Crippen LogP contribution in [-0.4, -0.2) is 14.7 Å². The van der Waals surface area contributed by atoms with Crippen molar-refractivity contribution in [3.63, 3.8) is 0 Å². The van der Waals surface area contributed by atoms with E-state index in [4.69, 9.17) is 5.26 Å². The third-order valence-corrected chi connectivity index (χ3v) is 4.18. The van der Waals surface area contributed by atoms with Gasteiger partial charge in [0.15, 0.2) is 9.84 Å². The second-order valence-corrected chi connectivity index (χ2v) is 5.91. The molecule has 0 aromatic carbocycles. The Morgan fingerprint density at radius 2 is 2.17 bits per heavy atom. The molecule has 12 heavy (non-hydrogen) atoms. The molecule has 64 valence electrons. The maximum absolute atomic E-state index is 11.1.